The predicted octanol–water partition coefficient (Wildman–Crippen LogP) is 5.50. The fourth-order valence-electron chi connectivity index (χ4n) is 4.47. The van der Waals surface area contributed by atoms with Crippen molar-refractivity contribution in [3.05, 3.63) is 71.0 Å². The minimum absolute atomic E-state index is 0.573. The Hall–Kier alpha value is -2.52. The van der Waals surface area contributed by atoms with Crippen LogP contribution in [0.15, 0.2) is 48.5 Å². The summed E-state index contributed by atoms with van der Waals surface area (Å²) in [5.41, 5.74) is 8.31. The molecule has 2 heterocycles. The van der Waals surface area contributed by atoms with Gasteiger partial charge < -0.3 is 4.74 Å². The zero-order chi connectivity index (χ0) is 25.0. The molecule has 184 valence electrons. The number of ether oxygens (including phenoxy) is 1. The molecule has 0 bridgehead atoms. The van der Waals surface area contributed by atoms with Gasteiger partial charge >= 0.3 is 175 Å². The second-order valence-electron chi connectivity index (χ2n) is 10.0. The van der Waals surface area contributed by atoms with Gasteiger partial charge in [0, 0.05) is 14.2 Å². The molecular formula is C27H36N6OSn. The molecule has 2 aromatic carbocycles. The Morgan fingerprint density at radius 1 is 0.971 bits per heavy atom. The normalized spacial score (nSPS) is 11.8. The first kappa shape index (κ1) is 25.6. The molecule has 4 rings (SSSR count). The van der Waals surface area contributed by atoms with E-state index in [0.717, 1.165) is 53.9 Å². The van der Waals surface area contributed by atoms with Crippen molar-refractivity contribution in [1.82, 2.24) is 28.2 Å². The van der Waals surface area contributed by atoms with Gasteiger partial charge in [-0.1, -0.05) is 13.3 Å². The Morgan fingerprint density at radius 3 is 2.34 bits per heavy atom. The number of tetrazole rings is 1. The molecule has 4 aromatic rings. The minimum atomic E-state index is -2.53. The molecule has 0 spiro atoms. The summed E-state index contributed by atoms with van der Waals surface area (Å²) in [6.45, 7) is 2.79. The first-order valence-electron chi connectivity index (χ1n) is 12.3. The number of methoxy groups -OCH3 is 1. The van der Waals surface area contributed by atoms with Gasteiger partial charge in [-0.3, -0.25) is 0 Å². The summed E-state index contributed by atoms with van der Waals surface area (Å²) in [5.74, 6) is 0.869. The van der Waals surface area contributed by atoms with Crippen LogP contribution in [-0.2, 0) is 31.2 Å². The average molecular weight is 579 g/mol. The standard InChI is InChI=1S/C24H27N6O.3CH3.Sn/c1-4-5-10-22-21(23(16-31-3)30(2)27-22)15-17-11-13-18(14-12-17)19-8-6-7-9-20(19)24-25-28-29-26-24;;;;/h6-9,11-14H,4-5,10,15-16H2,1-3H3;3*1H3;/q-1;;;;+1. The number of hydrogen-bond acceptors (Lipinski definition) is 5. The third-order valence-corrected chi connectivity index (χ3v) is 10.8. The molecule has 0 aliphatic carbocycles. The summed E-state index contributed by atoms with van der Waals surface area (Å²) < 4.78 is 9.57. The van der Waals surface area contributed by atoms with Crippen LogP contribution < -0.4 is 0 Å². The summed E-state index contributed by atoms with van der Waals surface area (Å²) >= 11 is -2.53. The van der Waals surface area contributed by atoms with E-state index in [1.165, 1.54) is 16.8 Å². The van der Waals surface area contributed by atoms with Crippen LogP contribution >= 0.6 is 0 Å². The molecule has 7 nitrogen and oxygen atoms in total. The number of benzene rings is 2. The molecule has 0 aliphatic heterocycles. The first-order chi connectivity index (χ1) is 16.8. The third-order valence-electron chi connectivity index (χ3n) is 6.32. The fraction of sp³-hybridized carbons (Fsp3) is 0.407. The van der Waals surface area contributed by atoms with Crippen molar-refractivity contribution in [3.63, 3.8) is 0 Å². The van der Waals surface area contributed by atoms with Gasteiger partial charge in [0.2, 0.25) is 0 Å². The van der Waals surface area contributed by atoms with E-state index in [-0.39, 0.29) is 0 Å². The van der Waals surface area contributed by atoms with Crippen LogP contribution in [0.1, 0.15) is 42.3 Å². The van der Waals surface area contributed by atoms with Crippen molar-refractivity contribution in [2.45, 2.75) is 54.0 Å². The molecule has 0 saturated heterocycles. The zero-order valence-corrected chi connectivity index (χ0v) is 24.6. The molecule has 0 fully saturated rings. The summed E-state index contributed by atoms with van der Waals surface area (Å²) in [7, 11) is 3.76. The van der Waals surface area contributed by atoms with Crippen LogP contribution in [-0.4, -0.2) is 54.0 Å². The number of rotatable bonds is 10. The Balaban J connectivity index is 1.66. The van der Waals surface area contributed by atoms with Crippen LogP contribution in [0.3, 0.4) is 0 Å². The van der Waals surface area contributed by atoms with Crippen molar-refractivity contribution >= 4 is 18.7 Å². The van der Waals surface area contributed by atoms with E-state index >= 15 is 0 Å². The van der Waals surface area contributed by atoms with E-state index in [1.54, 1.807) is 7.11 Å². The Bertz CT molecular complexity index is 1270. The van der Waals surface area contributed by atoms with Crippen LogP contribution in [0.25, 0.3) is 22.5 Å². The number of nitrogens with zero attached hydrogens (tertiary/aromatic N) is 6. The van der Waals surface area contributed by atoms with Gasteiger partial charge in [-0.15, -0.1) is 0 Å². The Labute approximate surface area is 212 Å². The monoisotopic (exact) mass is 580 g/mol. The van der Waals surface area contributed by atoms with E-state index in [9.17, 15) is 0 Å². The first-order valence-corrected chi connectivity index (χ1v) is 22.2. The molecular weight excluding hydrogens is 543 g/mol. The van der Waals surface area contributed by atoms with E-state index in [1.807, 2.05) is 11.7 Å². The Morgan fingerprint density at radius 2 is 1.69 bits per heavy atom. The van der Waals surface area contributed by atoms with Crippen LogP contribution in [0.2, 0.25) is 14.8 Å². The van der Waals surface area contributed by atoms with E-state index in [0.29, 0.717) is 6.61 Å². The molecule has 0 N–H and O–H groups in total. The predicted molar refractivity (Wildman–Crippen MR) is 143 cm³/mol. The summed E-state index contributed by atoms with van der Waals surface area (Å²) in [6.07, 6.45) is 4.16. The zero-order valence-electron chi connectivity index (χ0n) is 21.7. The molecule has 0 atom stereocenters. The number of aryl methyl sites for hydroxylation is 2. The molecule has 0 saturated carbocycles. The maximum atomic E-state index is 5.49. The van der Waals surface area contributed by atoms with E-state index in [2.05, 4.69) is 88.7 Å². The van der Waals surface area contributed by atoms with Gasteiger partial charge in [-0.2, -0.15) is 0 Å². The Kier molecular flexibility index (Phi) is 8.06. The SMILES string of the molecule is CCCCc1nn(C)c(COC)c1Cc1ccc(-c2ccccc2-c2nnn[n]2[Sn]([CH3])([CH3])[CH3])cc1. The van der Waals surface area contributed by atoms with Crippen LogP contribution in [0.4, 0.5) is 0 Å². The number of unbranched alkanes of at least 4 members (excludes halogenated alkanes) is 1. The van der Waals surface area contributed by atoms with Crippen molar-refractivity contribution in [1.29, 1.82) is 0 Å². The molecule has 35 heavy (non-hydrogen) atoms. The molecule has 0 aliphatic rings. The number of hydrogen-bond donors (Lipinski definition) is 0. The van der Waals surface area contributed by atoms with Gasteiger partial charge in [0.15, 0.2) is 0 Å². The van der Waals surface area contributed by atoms with Crippen LogP contribution in [0, 0.1) is 0 Å². The molecule has 0 unspecified atom stereocenters. The fourth-order valence-corrected chi connectivity index (χ4v) is 7.64. The van der Waals surface area contributed by atoms with Crippen molar-refractivity contribution in [2.75, 3.05) is 7.11 Å². The second-order valence-corrected chi connectivity index (χ2v) is 23.6. The van der Waals surface area contributed by atoms with Gasteiger partial charge in [0.05, 0.1) is 0 Å². The molecule has 0 radical (unpaired) electrons. The van der Waals surface area contributed by atoms with Gasteiger partial charge in [-0.25, -0.2) is 0 Å². The van der Waals surface area contributed by atoms with Gasteiger partial charge in [-0.05, 0) is 6.42 Å². The van der Waals surface area contributed by atoms with Crippen molar-refractivity contribution < 1.29 is 4.74 Å². The maximum absolute atomic E-state index is 5.49. The molecule has 0 amide bonds. The summed E-state index contributed by atoms with van der Waals surface area (Å²) in [6, 6.07) is 17.3. The van der Waals surface area contributed by atoms with E-state index in [4.69, 9.17) is 9.84 Å². The number of aromatic nitrogens is 6. The molecule has 8 heteroatoms. The summed E-state index contributed by atoms with van der Waals surface area (Å²) in [4.78, 5) is 6.95. The molecule has 2 aromatic heterocycles. The third kappa shape index (κ3) is 5.67. The van der Waals surface area contributed by atoms with Gasteiger partial charge in [0.1, 0.15) is 0 Å². The van der Waals surface area contributed by atoms with E-state index < -0.39 is 18.7 Å². The van der Waals surface area contributed by atoms with Crippen LogP contribution in [0.5, 0.6) is 0 Å². The second kappa shape index (κ2) is 11.0. The topological polar surface area (TPSA) is 70.7 Å². The quantitative estimate of drug-likeness (QED) is 0.232. The summed E-state index contributed by atoms with van der Waals surface area (Å²) in [5, 5.41) is 17.6. The van der Waals surface area contributed by atoms with Crippen molar-refractivity contribution in [3.8, 4) is 22.5 Å². The van der Waals surface area contributed by atoms with Gasteiger partial charge in [0.25, 0.3) is 0 Å². The van der Waals surface area contributed by atoms with Crippen molar-refractivity contribution in [2.24, 2.45) is 7.05 Å². The average Bonchev–Trinajstić information content (AvgIpc) is 3.45.